The summed E-state index contributed by atoms with van der Waals surface area (Å²) in [5.74, 6) is 0.0986. The van der Waals surface area contributed by atoms with Gasteiger partial charge in [-0.3, -0.25) is 0 Å². The molecule has 0 atom stereocenters. The molecule has 0 fully saturated rings. The van der Waals surface area contributed by atoms with Crippen molar-refractivity contribution in [3.05, 3.63) is 48.4 Å². The topological polar surface area (TPSA) is 22.1 Å². The Hall–Kier alpha value is -1.90. The first-order valence-electron chi connectivity index (χ1n) is 4.48. The van der Waals surface area contributed by atoms with Gasteiger partial charge in [-0.2, -0.15) is 0 Å². The van der Waals surface area contributed by atoms with E-state index in [-0.39, 0.29) is 0 Å². The third kappa shape index (κ3) is 1.96. The van der Waals surface area contributed by atoms with Crippen LogP contribution >= 0.6 is 0 Å². The van der Waals surface area contributed by atoms with Gasteiger partial charge in [-0.1, -0.05) is 12.1 Å². The summed E-state index contributed by atoms with van der Waals surface area (Å²) in [6, 6.07) is 10.8. The maximum absolute atomic E-state index is 13.0. The molecule has 0 aliphatic carbocycles. The second-order valence-electron chi connectivity index (χ2n) is 2.99. The molecule has 1 heterocycles. The van der Waals surface area contributed by atoms with E-state index in [0.717, 1.165) is 11.1 Å². The molecule has 1 aromatic carbocycles. The Morgan fingerprint density at radius 3 is 3.00 bits per heavy atom. The van der Waals surface area contributed by atoms with Crippen LogP contribution in [-0.2, 0) is 0 Å². The number of nitrogens with zero attached hydrogens (tertiary/aromatic N) is 1. The fourth-order valence-electron chi connectivity index (χ4n) is 1.38. The summed E-state index contributed by atoms with van der Waals surface area (Å²) in [5.41, 5.74) is 1.50. The van der Waals surface area contributed by atoms with Crippen molar-refractivity contribution in [3.8, 4) is 17.0 Å². The Bertz CT molecular complexity index is 471. The molecule has 2 nitrogen and oxygen atoms in total. The molecular formula is C12H9FNO. The number of benzene rings is 1. The van der Waals surface area contributed by atoms with Gasteiger partial charge in [0, 0.05) is 17.8 Å². The van der Waals surface area contributed by atoms with Gasteiger partial charge in [-0.15, -0.1) is 0 Å². The van der Waals surface area contributed by atoms with Crippen molar-refractivity contribution in [1.82, 2.24) is 4.98 Å². The normalized spacial score (nSPS) is 10.0. The van der Waals surface area contributed by atoms with Crippen molar-refractivity contribution in [2.24, 2.45) is 0 Å². The lowest BCUT2D eigenvalue weighted by Gasteiger charge is -2.06. The third-order valence-corrected chi connectivity index (χ3v) is 2.04. The van der Waals surface area contributed by atoms with E-state index in [1.807, 2.05) is 6.07 Å². The van der Waals surface area contributed by atoms with Crippen molar-refractivity contribution in [2.45, 2.75) is 0 Å². The zero-order valence-corrected chi connectivity index (χ0v) is 8.20. The van der Waals surface area contributed by atoms with Gasteiger partial charge < -0.3 is 4.74 Å². The van der Waals surface area contributed by atoms with E-state index < -0.39 is 5.82 Å². The lowest BCUT2D eigenvalue weighted by Crippen LogP contribution is -1.90. The van der Waals surface area contributed by atoms with Gasteiger partial charge in [-0.25, -0.2) is 9.37 Å². The standard InChI is InChI=1S/C12H9FNO/c1-15-12-11(6-3-7-14-12)9-4-2-5-10(13)8-9/h2-4,6-8H,1H3. The fourth-order valence-corrected chi connectivity index (χ4v) is 1.38. The number of ether oxygens (including phenoxy) is 1. The van der Waals surface area contributed by atoms with E-state index in [2.05, 4.69) is 11.1 Å². The highest BCUT2D eigenvalue weighted by Crippen LogP contribution is 2.27. The van der Waals surface area contributed by atoms with Crippen LogP contribution in [0.1, 0.15) is 0 Å². The predicted molar refractivity (Wildman–Crippen MR) is 55.0 cm³/mol. The Morgan fingerprint density at radius 1 is 1.40 bits per heavy atom. The van der Waals surface area contributed by atoms with Crippen LogP contribution in [0.15, 0.2) is 36.5 Å². The van der Waals surface area contributed by atoms with E-state index >= 15 is 0 Å². The molecule has 75 valence electrons. The number of hydrogen-bond acceptors (Lipinski definition) is 2. The Balaban J connectivity index is 2.53. The Labute approximate surface area is 87.4 Å². The number of halogens is 1. The highest BCUT2D eigenvalue weighted by atomic mass is 19.1. The summed E-state index contributed by atoms with van der Waals surface area (Å²) in [5, 5.41) is 0. The van der Waals surface area contributed by atoms with Crippen molar-refractivity contribution in [3.63, 3.8) is 0 Å². The predicted octanol–water partition coefficient (Wildman–Crippen LogP) is 2.70. The highest BCUT2D eigenvalue weighted by Gasteiger charge is 2.06. The molecule has 3 heteroatoms. The molecular weight excluding hydrogens is 193 g/mol. The van der Waals surface area contributed by atoms with Crippen LogP contribution in [-0.4, -0.2) is 12.1 Å². The van der Waals surface area contributed by atoms with Gasteiger partial charge in [0.15, 0.2) is 0 Å². The van der Waals surface area contributed by atoms with Crippen LogP contribution in [0, 0.1) is 11.9 Å². The van der Waals surface area contributed by atoms with Crippen LogP contribution in [0.2, 0.25) is 0 Å². The lowest BCUT2D eigenvalue weighted by molar-refractivity contribution is 0.399. The number of aromatic nitrogens is 1. The summed E-state index contributed by atoms with van der Waals surface area (Å²) in [6.45, 7) is 0. The van der Waals surface area contributed by atoms with E-state index in [1.165, 1.54) is 19.2 Å². The molecule has 0 aliphatic heterocycles. The average Bonchev–Trinajstić information content (AvgIpc) is 2.29. The largest absolute Gasteiger partial charge is 0.481 e. The zero-order valence-electron chi connectivity index (χ0n) is 8.20. The Kier molecular flexibility index (Phi) is 2.63. The van der Waals surface area contributed by atoms with Crippen LogP contribution in [0.5, 0.6) is 5.88 Å². The maximum Gasteiger partial charge on any atom is 0.221 e. The van der Waals surface area contributed by atoms with Gasteiger partial charge in [0.2, 0.25) is 5.88 Å². The van der Waals surface area contributed by atoms with E-state index in [4.69, 9.17) is 4.74 Å². The first-order chi connectivity index (χ1) is 7.31. The molecule has 0 amide bonds. The molecule has 0 bridgehead atoms. The summed E-state index contributed by atoms with van der Waals surface area (Å²) >= 11 is 0. The molecule has 15 heavy (non-hydrogen) atoms. The Morgan fingerprint density at radius 2 is 2.27 bits per heavy atom. The molecule has 0 spiro atoms. The fraction of sp³-hybridized carbons (Fsp3) is 0.0833. The molecule has 0 N–H and O–H groups in total. The maximum atomic E-state index is 13.0. The molecule has 1 aromatic heterocycles. The minimum atomic E-state index is -0.390. The van der Waals surface area contributed by atoms with Crippen molar-refractivity contribution < 1.29 is 9.13 Å². The van der Waals surface area contributed by atoms with E-state index in [1.54, 1.807) is 18.3 Å². The highest BCUT2D eigenvalue weighted by molar-refractivity contribution is 5.68. The lowest BCUT2D eigenvalue weighted by atomic mass is 10.1. The minimum absolute atomic E-state index is 0.390. The van der Waals surface area contributed by atoms with E-state index in [9.17, 15) is 4.39 Å². The number of pyridine rings is 1. The number of hydrogen-bond donors (Lipinski definition) is 0. The first kappa shape index (κ1) is 9.65. The van der Waals surface area contributed by atoms with Gasteiger partial charge in [0.25, 0.3) is 0 Å². The van der Waals surface area contributed by atoms with Gasteiger partial charge >= 0.3 is 0 Å². The smallest absolute Gasteiger partial charge is 0.221 e. The van der Waals surface area contributed by atoms with Crippen molar-refractivity contribution in [2.75, 3.05) is 7.11 Å². The molecule has 0 aliphatic rings. The molecule has 2 rings (SSSR count). The van der Waals surface area contributed by atoms with Crippen LogP contribution in [0.4, 0.5) is 4.39 Å². The summed E-state index contributed by atoms with van der Waals surface area (Å²) in [7, 11) is 1.54. The summed E-state index contributed by atoms with van der Waals surface area (Å²) < 4.78 is 18.1. The van der Waals surface area contributed by atoms with E-state index in [0.29, 0.717) is 5.88 Å². The second-order valence-corrected chi connectivity index (χ2v) is 2.99. The van der Waals surface area contributed by atoms with Gasteiger partial charge in [0.05, 0.1) is 7.11 Å². The minimum Gasteiger partial charge on any atom is -0.481 e. The molecule has 0 unspecified atom stereocenters. The van der Waals surface area contributed by atoms with Crippen LogP contribution in [0.25, 0.3) is 11.1 Å². The second kappa shape index (κ2) is 4.09. The molecule has 2 aromatic rings. The molecule has 0 saturated carbocycles. The van der Waals surface area contributed by atoms with Crippen LogP contribution in [0.3, 0.4) is 0 Å². The molecule has 0 saturated heterocycles. The zero-order chi connectivity index (χ0) is 10.7. The van der Waals surface area contributed by atoms with Gasteiger partial charge in [0.1, 0.15) is 5.82 Å². The summed E-state index contributed by atoms with van der Waals surface area (Å²) in [6.07, 6.45) is 1.63. The molecule has 1 radical (unpaired) electrons. The summed E-state index contributed by atoms with van der Waals surface area (Å²) in [4.78, 5) is 4.05. The van der Waals surface area contributed by atoms with Crippen LogP contribution < -0.4 is 4.74 Å². The third-order valence-electron chi connectivity index (χ3n) is 2.04. The van der Waals surface area contributed by atoms with Crippen molar-refractivity contribution >= 4 is 0 Å². The van der Waals surface area contributed by atoms with Crippen molar-refractivity contribution in [1.29, 1.82) is 0 Å². The quantitative estimate of drug-likeness (QED) is 0.747. The first-order valence-corrected chi connectivity index (χ1v) is 4.48. The monoisotopic (exact) mass is 202 g/mol. The number of methoxy groups -OCH3 is 1. The van der Waals surface area contributed by atoms with Gasteiger partial charge in [-0.05, 0) is 23.8 Å². The number of rotatable bonds is 2. The average molecular weight is 202 g/mol. The SMILES string of the molecule is COc1ncccc1-c1cc[c]c(F)c1.